The van der Waals surface area contributed by atoms with Crippen molar-refractivity contribution in [1.29, 1.82) is 0 Å². The molecule has 0 radical (unpaired) electrons. The fourth-order valence-corrected chi connectivity index (χ4v) is 8.15. The highest BCUT2D eigenvalue weighted by Gasteiger charge is 2.75. The van der Waals surface area contributed by atoms with Crippen LogP contribution >= 0.6 is 0 Å². The molecular weight excluding hydrogens is 678 g/mol. The molecule has 0 bridgehead atoms. The molecular formula is C41H37N3O9. The summed E-state index contributed by atoms with van der Waals surface area (Å²) >= 11 is 0. The van der Waals surface area contributed by atoms with Gasteiger partial charge in [0.25, 0.3) is 0 Å². The molecule has 2 fully saturated rings. The zero-order chi connectivity index (χ0) is 37.3. The Labute approximate surface area is 305 Å². The number of carbonyl (C=O) groups is 4. The number of imide groups is 1. The highest BCUT2D eigenvalue weighted by Crippen LogP contribution is 2.65. The summed E-state index contributed by atoms with van der Waals surface area (Å²) in [6.45, 7) is -0.272. The summed E-state index contributed by atoms with van der Waals surface area (Å²) in [7, 11) is 1.44. The number of hydrogen-bond donors (Lipinski definition) is 3. The van der Waals surface area contributed by atoms with Crippen LogP contribution in [0.25, 0.3) is 0 Å². The molecule has 12 heteroatoms. The van der Waals surface area contributed by atoms with Gasteiger partial charge in [-0.1, -0.05) is 84.6 Å². The Morgan fingerprint density at radius 1 is 0.887 bits per heavy atom. The number of ether oxygens (including phenoxy) is 3. The van der Waals surface area contributed by atoms with E-state index in [4.69, 9.17) is 19.9 Å². The zero-order valence-electron chi connectivity index (χ0n) is 28.8. The molecule has 3 amide bonds. The first-order chi connectivity index (χ1) is 25.7. The van der Waals surface area contributed by atoms with E-state index in [-0.39, 0.29) is 43.2 Å². The molecule has 4 aromatic rings. The molecule has 3 heterocycles. The number of primary amides is 1. The van der Waals surface area contributed by atoms with E-state index in [2.05, 4.69) is 11.8 Å². The lowest BCUT2D eigenvalue weighted by molar-refractivity contribution is -0.178. The van der Waals surface area contributed by atoms with Crippen molar-refractivity contribution in [1.82, 2.24) is 4.90 Å². The Bertz CT molecular complexity index is 2100. The minimum atomic E-state index is -2.02. The molecule has 6 atom stereocenters. The van der Waals surface area contributed by atoms with Crippen LogP contribution in [0.4, 0.5) is 10.5 Å². The number of amides is 3. The molecule has 270 valence electrons. The SMILES string of the molecule is COCCOC(=O)N1C(=O)[C@@]2(c3cc(C#CCCO)ccc31)[C@H](c1ccc(O)cc1)N1[C@H](c3ccccc3)[C@H](c3ccccc3)OC(=O)[C@H]1[C@@H]2C(N)=O. The largest absolute Gasteiger partial charge is 0.508 e. The summed E-state index contributed by atoms with van der Waals surface area (Å²) in [5.41, 5.74) is 6.96. The van der Waals surface area contributed by atoms with Gasteiger partial charge >= 0.3 is 12.1 Å². The predicted molar refractivity (Wildman–Crippen MR) is 191 cm³/mol. The number of esters is 1. The lowest BCUT2D eigenvalue weighted by Gasteiger charge is -2.46. The van der Waals surface area contributed by atoms with E-state index >= 15 is 4.79 Å². The highest BCUT2D eigenvalue weighted by molar-refractivity contribution is 6.23. The minimum Gasteiger partial charge on any atom is -0.508 e. The number of rotatable bonds is 8. The summed E-state index contributed by atoms with van der Waals surface area (Å²) in [4.78, 5) is 60.9. The van der Waals surface area contributed by atoms with Gasteiger partial charge in [-0.25, -0.2) is 9.69 Å². The van der Waals surface area contributed by atoms with Crippen LogP contribution in [0.2, 0.25) is 0 Å². The number of hydrogen-bond acceptors (Lipinski definition) is 10. The number of aliphatic hydroxyl groups excluding tert-OH is 1. The number of carbonyl (C=O) groups excluding carboxylic acids is 4. The number of anilines is 1. The van der Waals surface area contributed by atoms with Gasteiger partial charge in [0.15, 0.2) is 0 Å². The minimum absolute atomic E-state index is 0.0495. The smallest absolute Gasteiger partial charge is 0.421 e. The van der Waals surface area contributed by atoms with Crippen LogP contribution in [0.5, 0.6) is 5.75 Å². The first-order valence-corrected chi connectivity index (χ1v) is 17.1. The van der Waals surface area contributed by atoms with Crippen molar-refractivity contribution >= 4 is 29.6 Å². The first-order valence-electron chi connectivity index (χ1n) is 17.1. The topological polar surface area (TPSA) is 169 Å². The molecule has 3 aliphatic rings. The van der Waals surface area contributed by atoms with Gasteiger partial charge in [0.1, 0.15) is 29.9 Å². The van der Waals surface area contributed by atoms with E-state index < -0.39 is 59.4 Å². The lowest BCUT2D eigenvalue weighted by Crippen LogP contribution is -2.55. The van der Waals surface area contributed by atoms with Gasteiger partial charge in [0.2, 0.25) is 11.8 Å². The molecule has 4 aromatic carbocycles. The molecule has 12 nitrogen and oxygen atoms in total. The molecule has 0 aromatic heterocycles. The molecule has 2 saturated heterocycles. The van der Waals surface area contributed by atoms with Crippen molar-refractivity contribution in [3.8, 4) is 17.6 Å². The number of cyclic esters (lactones) is 1. The number of nitrogens with two attached hydrogens (primary N) is 1. The maximum absolute atomic E-state index is 15.5. The van der Waals surface area contributed by atoms with E-state index in [1.165, 1.54) is 19.2 Å². The third kappa shape index (κ3) is 5.89. The number of phenols is 1. The number of nitrogens with zero attached hydrogens (tertiary/aromatic N) is 2. The van der Waals surface area contributed by atoms with Crippen LogP contribution in [0.3, 0.4) is 0 Å². The molecule has 1 spiro atoms. The Morgan fingerprint density at radius 3 is 2.21 bits per heavy atom. The standard InChI is InChI=1S/C41H37N3O9/c1-51-22-23-52-40(50)43-31-20-15-25(10-8-9-21-45)24-30(31)41(39(43)49)32(37(42)47)34-38(48)53-35(27-13-6-3-7-14-27)33(26-11-4-2-5-12-26)44(34)36(41)28-16-18-29(46)19-17-28/h2-7,11-20,24,32-36,45-46H,9,21-23H2,1H3,(H2,42,47)/t32-,33-,34-,35+,36+,41-/m1/s1. The maximum atomic E-state index is 15.5. The van der Waals surface area contributed by atoms with Gasteiger partial charge in [-0.2, -0.15) is 0 Å². The van der Waals surface area contributed by atoms with Gasteiger partial charge < -0.3 is 30.2 Å². The second kappa shape index (κ2) is 14.6. The fraction of sp³-hybridized carbons (Fsp3) is 0.268. The van der Waals surface area contributed by atoms with Gasteiger partial charge in [-0.3, -0.25) is 19.3 Å². The van der Waals surface area contributed by atoms with Gasteiger partial charge in [-0.05, 0) is 52.6 Å². The number of methoxy groups -OCH3 is 1. The number of aliphatic hydroxyl groups is 1. The van der Waals surface area contributed by atoms with E-state index in [1.807, 2.05) is 65.6 Å². The summed E-state index contributed by atoms with van der Waals surface area (Å²) in [6, 6.07) is 26.1. The second-order valence-electron chi connectivity index (χ2n) is 13.0. The average molecular weight is 716 g/mol. The number of benzene rings is 4. The van der Waals surface area contributed by atoms with Crippen LogP contribution < -0.4 is 10.6 Å². The van der Waals surface area contributed by atoms with Gasteiger partial charge in [0, 0.05) is 19.1 Å². The quantitative estimate of drug-likeness (QED) is 0.137. The van der Waals surface area contributed by atoms with E-state index in [0.717, 1.165) is 10.5 Å². The Hall–Kier alpha value is -6.00. The molecule has 53 heavy (non-hydrogen) atoms. The normalized spacial score (nSPS) is 24.6. The van der Waals surface area contributed by atoms with E-state index in [1.54, 1.807) is 30.3 Å². The monoisotopic (exact) mass is 715 g/mol. The average Bonchev–Trinajstić information content (AvgIpc) is 3.62. The van der Waals surface area contributed by atoms with Crippen LogP contribution in [0.15, 0.2) is 103 Å². The summed E-state index contributed by atoms with van der Waals surface area (Å²) in [5.74, 6) is 1.70. The highest BCUT2D eigenvalue weighted by atomic mass is 16.6. The number of fused-ring (bicyclic) bond motifs is 3. The van der Waals surface area contributed by atoms with Crippen LogP contribution in [0, 0.1) is 17.8 Å². The summed E-state index contributed by atoms with van der Waals surface area (Å²) in [6.07, 6.45) is -1.72. The second-order valence-corrected chi connectivity index (χ2v) is 13.0. The molecule has 4 N–H and O–H groups in total. The summed E-state index contributed by atoms with van der Waals surface area (Å²) < 4.78 is 16.8. The third-order valence-corrected chi connectivity index (χ3v) is 10.1. The molecule has 0 aliphatic carbocycles. The molecule has 3 aliphatic heterocycles. The zero-order valence-corrected chi connectivity index (χ0v) is 28.8. The molecule has 0 unspecified atom stereocenters. The van der Waals surface area contributed by atoms with E-state index in [9.17, 15) is 24.6 Å². The first kappa shape index (κ1) is 35.4. The Morgan fingerprint density at radius 2 is 1.57 bits per heavy atom. The van der Waals surface area contributed by atoms with Crippen molar-refractivity contribution in [2.75, 3.05) is 31.8 Å². The van der Waals surface area contributed by atoms with E-state index in [0.29, 0.717) is 16.7 Å². The Kier molecular flexibility index (Phi) is 9.72. The number of morpholine rings is 1. The van der Waals surface area contributed by atoms with Crippen molar-refractivity contribution in [3.05, 3.63) is 131 Å². The molecule has 0 saturated carbocycles. The Balaban J connectivity index is 1.55. The lowest BCUT2D eigenvalue weighted by atomic mass is 9.65. The summed E-state index contributed by atoms with van der Waals surface area (Å²) in [5, 5.41) is 19.8. The van der Waals surface area contributed by atoms with Crippen molar-refractivity contribution in [2.45, 2.75) is 36.1 Å². The third-order valence-electron chi connectivity index (χ3n) is 10.1. The van der Waals surface area contributed by atoms with Gasteiger partial charge in [0.05, 0.1) is 36.9 Å². The van der Waals surface area contributed by atoms with Crippen molar-refractivity contribution in [3.63, 3.8) is 0 Å². The number of phenolic OH excluding ortho intramolecular Hbond substituents is 1. The van der Waals surface area contributed by atoms with Gasteiger partial charge in [-0.15, -0.1) is 0 Å². The fourth-order valence-electron chi connectivity index (χ4n) is 8.15. The number of aromatic hydroxyl groups is 1. The van der Waals surface area contributed by atoms with Crippen LogP contribution in [0.1, 0.15) is 52.4 Å². The molecule has 7 rings (SSSR count). The maximum Gasteiger partial charge on any atom is 0.421 e. The van der Waals surface area contributed by atoms with Crippen molar-refractivity contribution in [2.24, 2.45) is 11.7 Å². The van der Waals surface area contributed by atoms with Crippen LogP contribution in [-0.2, 0) is 34.0 Å². The predicted octanol–water partition coefficient (Wildman–Crippen LogP) is 4.06. The van der Waals surface area contributed by atoms with Crippen LogP contribution in [-0.4, -0.2) is 72.0 Å². The van der Waals surface area contributed by atoms with Crippen molar-refractivity contribution < 1.29 is 43.6 Å².